The largest absolute Gasteiger partial charge is 0.370 e. The number of benzene rings is 1. The smallest absolute Gasteiger partial charge is 0.266 e. The molecule has 2 saturated heterocycles. The third-order valence-corrected chi connectivity index (χ3v) is 8.05. The van der Waals surface area contributed by atoms with E-state index in [1.54, 1.807) is 4.90 Å². The zero-order valence-electron chi connectivity index (χ0n) is 20.0. The molecule has 0 aliphatic carbocycles. The number of hydrogen-bond donors (Lipinski definition) is 0. The van der Waals surface area contributed by atoms with Crippen molar-refractivity contribution in [2.75, 3.05) is 24.5 Å². The lowest BCUT2D eigenvalue weighted by atomic mass is 9.97. The summed E-state index contributed by atoms with van der Waals surface area (Å²) in [5.74, 6) is 1.09. The molecule has 1 aromatic heterocycles. The highest BCUT2D eigenvalue weighted by molar-refractivity contribution is 8.26. The van der Waals surface area contributed by atoms with Gasteiger partial charge in [0, 0.05) is 31.6 Å². The Kier molecular flexibility index (Phi) is 7.29. The van der Waals surface area contributed by atoms with Crippen LogP contribution in [0, 0.1) is 11.8 Å². The van der Waals surface area contributed by atoms with Crippen LogP contribution < -0.4 is 10.5 Å². The van der Waals surface area contributed by atoms with Crippen molar-refractivity contribution in [1.29, 1.82) is 0 Å². The van der Waals surface area contributed by atoms with Crippen LogP contribution in [-0.4, -0.2) is 39.3 Å². The molecular weight excluding hydrogens is 450 g/mol. The van der Waals surface area contributed by atoms with Gasteiger partial charge >= 0.3 is 0 Å². The van der Waals surface area contributed by atoms with Gasteiger partial charge in [0.05, 0.1) is 21.7 Å². The molecule has 7 heteroatoms. The summed E-state index contributed by atoms with van der Waals surface area (Å²) in [6.07, 6.45) is 4.91. The van der Waals surface area contributed by atoms with Crippen LogP contribution in [0.3, 0.4) is 0 Å². The summed E-state index contributed by atoms with van der Waals surface area (Å²) >= 11 is 6.84. The Bertz CT molecular complexity index is 1160. The third kappa shape index (κ3) is 4.76. The first-order valence-corrected chi connectivity index (χ1v) is 13.2. The molecule has 0 unspecified atom stereocenters. The third-order valence-electron chi connectivity index (χ3n) is 6.68. The molecule has 2 aliphatic rings. The minimum absolute atomic E-state index is 0.0442. The van der Waals surface area contributed by atoms with Gasteiger partial charge in [-0.05, 0) is 50.2 Å². The van der Waals surface area contributed by atoms with Crippen LogP contribution >= 0.6 is 24.0 Å². The molecule has 2 aromatic rings. The number of aryl methyl sites for hydroxylation is 1. The molecular formula is C26H33N3O2S2. The number of amides is 1. The Hall–Kier alpha value is -2.12. The molecule has 1 aromatic carbocycles. The van der Waals surface area contributed by atoms with Crippen LogP contribution in [0.4, 0.5) is 5.69 Å². The molecule has 3 heterocycles. The summed E-state index contributed by atoms with van der Waals surface area (Å²) in [7, 11) is 0. The fraction of sp³-hybridized carbons (Fsp3) is 0.500. The average molecular weight is 484 g/mol. The molecule has 0 N–H and O–H groups in total. The van der Waals surface area contributed by atoms with E-state index in [0.717, 1.165) is 48.9 Å². The number of anilines is 1. The first-order valence-electron chi connectivity index (χ1n) is 12.0. The molecule has 0 saturated carbocycles. The zero-order chi connectivity index (χ0) is 23.7. The second-order valence-electron chi connectivity index (χ2n) is 9.51. The van der Waals surface area contributed by atoms with Gasteiger partial charge in [-0.15, -0.1) is 0 Å². The molecule has 1 amide bonds. The lowest BCUT2D eigenvalue weighted by Crippen LogP contribution is -2.36. The number of rotatable bonds is 6. The maximum atomic E-state index is 13.7. The van der Waals surface area contributed by atoms with Crippen molar-refractivity contribution in [1.82, 2.24) is 9.47 Å². The highest BCUT2D eigenvalue weighted by Crippen LogP contribution is 2.37. The summed E-state index contributed by atoms with van der Waals surface area (Å²) in [6, 6.07) is 8.12. The van der Waals surface area contributed by atoms with Crippen molar-refractivity contribution >= 4 is 56.9 Å². The number of fused-ring (bicyclic) bond motifs is 1. The topological polar surface area (TPSA) is 45.6 Å². The minimum atomic E-state index is -0.0838. The van der Waals surface area contributed by atoms with Crippen LogP contribution in [-0.2, 0) is 11.3 Å². The number of thiocarbonyl (C=S) groups is 1. The molecule has 0 bridgehead atoms. The summed E-state index contributed by atoms with van der Waals surface area (Å²) < 4.78 is 2.40. The summed E-state index contributed by atoms with van der Waals surface area (Å²) in [5.41, 5.74) is 2.46. The van der Waals surface area contributed by atoms with E-state index in [2.05, 4.69) is 31.7 Å². The van der Waals surface area contributed by atoms with E-state index in [9.17, 15) is 9.59 Å². The first kappa shape index (κ1) is 24.0. The molecule has 0 spiro atoms. The number of hydrogen-bond acceptors (Lipinski definition) is 5. The molecule has 2 fully saturated rings. The molecule has 4 rings (SSSR count). The Labute approximate surface area is 205 Å². The number of piperidine rings is 1. The van der Waals surface area contributed by atoms with Crippen molar-refractivity contribution in [3.05, 3.63) is 45.1 Å². The van der Waals surface area contributed by atoms with Gasteiger partial charge in [-0.25, -0.2) is 0 Å². The van der Waals surface area contributed by atoms with Gasteiger partial charge in [0.2, 0.25) is 0 Å². The predicted molar refractivity (Wildman–Crippen MR) is 144 cm³/mol. The molecule has 176 valence electrons. The van der Waals surface area contributed by atoms with E-state index >= 15 is 0 Å². The summed E-state index contributed by atoms with van der Waals surface area (Å²) in [4.78, 5) is 31.5. The summed E-state index contributed by atoms with van der Waals surface area (Å²) in [6.45, 7) is 11.6. The minimum Gasteiger partial charge on any atom is -0.370 e. The van der Waals surface area contributed by atoms with Gasteiger partial charge in [-0.1, -0.05) is 63.0 Å². The van der Waals surface area contributed by atoms with E-state index in [1.165, 1.54) is 11.8 Å². The number of aromatic nitrogens is 1. The lowest BCUT2D eigenvalue weighted by molar-refractivity contribution is -0.122. The number of thioether (sulfide) groups is 1. The van der Waals surface area contributed by atoms with E-state index in [-0.39, 0.29) is 11.5 Å². The average Bonchev–Trinajstić information content (AvgIpc) is 3.06. The van der Waals surface area contributed by atoms with Crippen LogP contribution in [0.1, 0.15) is 52.5 Å². The van der Waals surface area contributed by atoms with Crippen molar-refractivity contribution < 1.29 is 4.79 Å². The van der Waals surface area contributed by atoms with Crippen molar-refractivity contribution in [2.45, 2.75) is 53.5 Å². The zero-order valence-corrected chi connectivity index (χ0v) is 21.6. The van der Waals surface area contributed by atoms with Crippen molar-refractivity contribution in [3.8, 4) is 0 Å². The molecule has 5 nitrogen and oxygen atoms in total. The van der Waals surface area contributed by atoms with Crippen molar-refractivity contribution in [3.63, 3.8) is 0 Å². The SMILES string of the molecule is CCn1c(=O)c(C=C2SC(=S)N(CCC(C)C)C2=O)c(N2CCC(C)CC2)c2ccccc21. The molecule has 33 heavy (non-hydrogen) atoms. The van der Waals surface area contributed by atoms with E-state index in [4.69, 9.17) is 12.2 Å². The number of carbonyl (C=O) groups is 1. The number of carbonyl (C=O) groups excluding carboxylic acids is 1. The lowest BCUT2D eigenvalue weighted by Gasteiger charge is -2.34. The van der Waals surface area contributed by atoms with Gasteiger partial charge in [0.25, 0.3) is 11.5 Å². The Morgan fingerprint density at radius 3 is 2.55 bits per heavy atom. The van der Waals surface area contributed by atoms with E-state index < -0.39 is 0 Å². The second kappa shape index (κ2) is 10.0. The fourth-order valence-corrected chi connectivity index (χ4v) is 5.93. The number of nitrogens with zero attached hydrogens (tertiary/aromatic N) is 3. The molecule has 0 atom stereocenters. The Balaban J connectivity index is 1.86. The normalized spacial score (nSPS) is 19.0. The van der Waals surface area contributed by atoms with Crippen LogP contribution in [0.25, 0.3) is 17.0 Å². The highest BCUT2D eigenvalue weighted by Gasteiger charge is 2.33. The maximum Gasteiger partial charge on any atom is 0.266 e. The quantitative estimate of drug-likeness (QED) is 0.401. The van der Waals surface area contributed by atoms with Gasteiger partial charge in [0.15, 0.2) is 0 Å². The fourth-order valence-electron chi connectivity index (χ4n) is 4.64. The van der Waals surface area contributed by atoms with Gasteiger partial charge in [-0.2, -0.15) is 0 Å². The van der Waals surface area contributed by atoms with Gasteiger partial charge in [0.1, 0.15) is 4.32 Å². The Morgan fingerprint density at radius 2 is 1.88 bits per heavy atom. The highest BCUT2D eigenvalue weighted by atomic mass is 32.2. The van der Waals surface area contributed by atoms with Crippen LogP contribution in [0.15, 0.2) is 34.0 Å². The summed E-state index contributed by atoms with van der Waals surface area (Å²) in [5, 5.41) is 1.06. The number of para-hydroxylation sites is 1. The predicted octanol–water partition coefficient (Wildman–Crippen LogP) is 5.51. The van der Waals surface area contributed by atoms with E-state index in [1.807, 2.05) is 35.8 Å². The van der Waals surface area contributed by atoms with Crippen molar-refractivity contribution in [2.24, 2.45) is 11.8 Å². The number of pyridine rings is 1. The molecule has 2 aliphatic heterocycles. The van der Waals surface area contributed by atoms with Crippen LogP contribution in [0.2, 0.25) is 0 Å². The van der Waals surface area contributed by atoms with Crippen LogP contribution in [0.5, 0.6) is 0 Å². The molecule has 0 radical (unpaired) electrons. The Morgan fingerprint density at radius 1 is 1.18 bits per heavy atom. The second-order valence-corrected chi connectivity index (χ2v) is 11.2. The van der Waals surface area contributed by atoms with Gasteiger partial charge < -0.3 is 9.47 Å². The first-order chi connectivity index (χ1) is 15.8. The van der Waals surface area contributed by atoms with Gasteiger partial charge in [-0.3, -0.25) is 14.5 Å². The standard InChI is InChI=1S/C26H33N3O2S2/c1-5-28-21-9-7-6-8-19(21)23(27-13-11-18(4)12-14-27)20(24(28)30)16-22-25(31)29(26(32)33-22)15-10-17(2)3/h6-9,16-18H,5,10-15H2,1-4H3. The van der Waals surface area contributed by atoms with E-state index in [0.29, 0.717) is 39.7 Å². The monoisotopic (exact) mass is 483 g/mol. The maximum absolute atomic E-state index is 13.7.